The topological polar surface area (TPSA) is 151 Å². The van der Waals surface area contributed by atoms with E-state index in [4.69, 9.17) is 30.1 Å². The third-order valence-electron chi connectivity index (χ3n) is 8.45. The van der Waals surface area contributed by atoms with E-state index in [1.54, 1.807) is 4.90 Å². The highest BCUT2D eigenvalue weighted by molar-refractivity contribution is 6.00. The number of ether oxygens (including phenoxy) is 1. The summed E-state index contributed by atoms with van der Waals surface area (Å²) in [4.78, 5) is 32.6. The van der Waals surface area contributed by atoms with Gasteiger partial charge in [-0.15, -0.1) is 0 Å². The first-order chi connectivity index (χ1) is 19.8. The van der Waals surface area contributed by atoms with Crippen LogP contribution in [0.25, 0.3) is 33.8 Å². The van der Waals surface area contributed by atoms with Gasteiger partial charge in [-0.1, -0.05) is 5.16 Å². The minimum atomic E-state index is -0.481. The Hall–Kier alpha value is -4.09. The SMILES string of the molecule is CC(C)(C)OC(=O)N1CC2(CC(c3cnc(-c4c(-c5nn(C(C)(C)C)c6ncnc(N)c56)noc4C4CC4)nc3)C2)C1. The van der Waals surface area contributed by atoms with Crippen molar-refractivity contribution in [3.8, 4) is 22.8 Å². The van der Waals surface area contributed by atoms with Gasteiger partial charge in [0.05, 0.1) is 16.5 Å². The Labute approximate surface area is 244 Å². The summed E-state index contributed by atoms with van der Waals surface area (Å²) in [5.41, 5.74) is 9.33. The monoisotopic (exact) mass is 571 g/mol. The molecular weight excluding hydrogens is 534 g/mol. The number of rotatable bonds is 4. The van der Waals surface area contributed by atoms with Crippen molar-refractivity contribution in [2.45, 2.75) is 90.2 Å². The summed E-state index contributed by atoms with van der Waals surface area (Å²) in [5.74, 6) is 2.33. The van der Waals surface area contributed by atoms with Crippen molar-refractivity contribution in [2.24, 2.45) is 5.41 Å². The molecule has 12 nitrogen and oxygen atoms in total. The first-order valence-electron chi connectivity index (χ1n) is 14.6. The highest BCUT2D eigenvalue weighted by Gasteiger charge is 2.54. The third-order valence-corrected chi connectivity index (χ3v) is 8.45. The minimum absolute atomic E-state index is 0.177. The van der Waals surface area contributed by atoms with E-state index in [0.717, 1.165) is 55.7 Å². The van der Waals surface area contributed by atoms with Gasteiger partial charge >= 0.3 is 6.09 Å². The average Bonchev–Trinajstić information content (AvgIpc) is 3.47. The normalized spacial score (nSPS) is 18.8. The van der Waals surface area contributed by atoms with Gasteiger partial charge in [0.25, 0.3) is 0 Å². The van der Waals surface area contributed by atoms with Crippen LogP contribution < -0.4 is 5.73 Å². The van der Waals surface area contributed by atoms with E-state index in [2.05, 4.69) is 35.9 Å². The summed E-state index contributed by atoms with van der Waals surface area (Å²) in [7, 11) is 0. The predicted octanol–water partition coefficient (Wildman–Crippen LogP) is 5.27. The Morgan fingerprint density at radius 3 is 2.31 bits per heavy atom. The number of carbonyl (C=O) groups is 1. The lowest BCUT2D eigenvalue weighted by atomic mass is 9.56. The predicted molar refractivity (Wildman–Crippen MR) is 155 cm³/mol. The molecule has 2 aliphatic carbocycles. The highest BCUT2D eigenvalue weighted by Crippen LogP contribution is 2.56. The maximum Gasteiger partial charge on any atom is 0.410 e. The molecule has 4 aromatic heterocycles. The summed E-state index contributed by atoms with van der Waals surface area (Å²) < 4.78 is 13.3. The smallest absolute Gasteiger partial charge is 0.410 e. The summed E-state index contributed by atoms with van der Waals surface area (Å²) in [5, 5.41) is 10.1. The molecule has 0 radical (unpaired) electrons. The van der Waals surface area contributed by atoms with Crippen LogP contribution in [0.5, 0.6) is 0 Å². The zero-order chi connectivity index (χ0) is 29.6. The second-order valence-electron chi connectivity index (χ2n) is 14.2. The summed E-state index contributed by atoms with van der Waals surface area (Å²) in [6, 6.07) is 0. The van der Waals surface area contributed by atoms with E-state index in [1.165, 1.54) is 6.33 Å². The zero-order valence-corrected chi connectivity index (χ0v) is 25.0. The Morgan fingerprint density at radius 1 is 1.00 bits per heavy atom. The average molecular weight is 572 g/mol. The van der Waals surface area contributed by atoms with E-state index >= 15 is 0 Å². The molecule has 0 atom stereocenters. The molecule has 2 saturated carbocycles. The van der Waals surface area contributed by atoms with Gasteiger partial charge in [-0.2, -0.15) is 5.10 Å². The van der Waals surface area contributed by atoms with Gasteiger partial charge in [0, 0.05) is 36.8 Å². The fourth-order valence-electron chi connectivity index (χ4n) is 6.29. The van der Waals surface area contributed by atoms with Gasteiger partial charge in [0.2, 0.25) is 0 Å². The molecule has 0 unspecified atom stereocenters. The van der Waals surface area contributed by atoms with Gasteiger partial charge in [-0.25, -0.2) is 29.4 Å². The molecule has 3 fully saturated rings. The number of hydrogen-bond donors (Lipinski definition) is 1. The maximum absolute atomic E-state index is 12.4. The summed E-state index contributed by atoms with van der Waals surface area (Å²) >= 11 is 0. The molecule has 1 amide bonds. The molecule has 7 rings (SSSR count). The van der Waals surface area contributed by atoms with Crippen LogP contribution in [0.3, 0.4) is 0 Å². The first kappa shape index (κ1) is 26.8. The molecule has 5 heterocycles. The van der Waals surface area contributed by atoms with Crippen molar-refractivity contribution < 1.29 is 14.1 Å². The Balaban J connectivity index is 1.15. The van der Waals surface area contributed by atoms with Crippen molar-refractivity contribution in [3.63, 3.8) is 0 Å². The van der Waals surface area contributed by atoms with E-state index in [-0.39, 0.29) is 23.0 Å². The fourth-order valence-corrected chi connectivity index (χ4v) is 6.29. The Bertz CT molecular complexity index is 1680. The lowest BCUT2D eigenvalue weighted by Gasteiger charge is -2.58. The second-order valence-corrected chi connectivity index (χ2v) is 14.2. The largest absolute Gasteiger partial charge is 0.444 e. The third kappa shape index (κ3) is 4.47. The van der Waals surface area contributed by atoms with Gasteiger partial charge in [-0.05, 0) is 78.7 Å². The van der Waals surface area contributed by atoms with Gasteiger partial charge in [0.15, 0.2) is 17.2 Å². The molecule has 1 spiro atoms. The second kappa shape index (κ2) is 8.95. The minimum Gasteiger partial charge on any atom is -0.444 e. The number of fused-ring (bicyclic) bond motifs is 1. The summed E-state index contributed by atoms with van der Waals surface area (Å²) in [6.07, 6.45) is 9.15. The van der Waals surface area contributed by atoms with Crippen molar-refractivity contribution in [1.82, 2.24) is 39.8 Å². The van der Waals surface area contributed by atoms with Gasteiger partial charge < -0.3 is 19.9 Å². The van der Waals surface area contributed by atoms with Crippen LogP contribution in [0, 0.1) is 5.41 Å². The molecule has 2 N–H and O–H groups in total. The van der Waals surface area contributed by atoms with Crippen molar-refractivity contribution in [1.29, 1.82) is 0 Å². The van der Waals surface area contributed by atoms with Gasteiger partial charge in [0.1, 0.15) is 29.1 Å². The highest BCUT2D eigenvalue weighted by atomic mass is 16.6. The molecule has 220 valence electrons. The number of likely N-dealkylation sites (tertiary alicyclic amines) is 1. The van der Waals surface area contributed by atoms with Crippen LogP contribution in [0.15, 0.2) is 23.2 Å². The molecule has 0 aromatic carbocycles. The number of anilines is 1. The number of nitrogens with zero attached hydrogens (tertiary/aromatic N) is 8. The van der Waals surface area contributed by atoms with Crippen LogP contribution in [0.4, 0.5) is 10.6 Å². The molecule has 3 aliphatic rings. The molecule has 12 heteroatoms. The van der Waals surface area contributed by atoms with Crippen molar-refractivity contribution >= 4 is 22.9 Å². The van der Waals surface area contributed by atoms with E-state index in [0.29, 0.717) is 40.0 Å². The molecular formula is C30H37N9O3. The number of hydrogen-bond acceptors (Lipinski definition) is 10. The maximum atomic E-state index is 12.4. The molecule has 1 saturated heterocycles. The Morgan fingerprint density at radius 2 is 1.69 bits per heavy atom. The first-order valence-corrected chi connectivity index (χ1v) is 14.6. The van der Waals surface area contributed by atoms with Crippen LogP contribution in [-0.2, 0) is 10.3 Å². The molecule has 0 bridgehead atoms. The number of amides is 1. The zero-order valence-electron chi connectivity index (χ0n) is 25.0. The number of nitrogen functional groups attached to an aromatic ring is 1. The molecule has 42 heavy (non-hydrogen) atoms. The fraction of sp³-hybridized carbons (Fsp3) is 0.567. The van der Waals surface area contributed by atoms with Crippen LogP contribution in [0.1, 0.15) is 90.4 Å². The lowest BCUT2D eigenvalue weighted by molar-refractivity contribution is -0.0786. The van der Waals surface area contributed by atoms with Crippen molar-refractivity contribution in [2.75, 3.05) is 18.8 Å². The molecule has 4 aromatic rings. The molecule has 1 aliphatic heterocycles. The van der Waals surface area contributed by atoms with Crippen molar-refractivity contribution in [3.05, 3.63) is 30.0 Å². The van der Waals surface area contributed by atoms with Crippen LogP contribution in [0.2, 0.25) is 0 Å². The van der Waals surface area contributed by atoms with E-state index < -0.39 is 5.60 Å². The number of nitrogens with two attached hydrogens (primary N) is 1. The standard InChI is InChI=1S/C30H37N9O3/c1-28(2,3)39-26-20(24(31)34-15-35-26)21(36-39)22-19(23(42-37-22)16-7-8-16)25-32-11-18(12-33-25)17-9-30(10-17)13-38(14-30)27(40)41-29(4,5)6/h11-12,15-17H,7-10,13-14H2,1-6H3,(H2,31,34,35). The summed E-state index contributed by atoms with van der Waals surface area (Å²) in [6.45, 7) is 13.4. The van der Waals surface area contributed by atoms with Crippen LogP contribution >= 0.6 is 0 Å². The lowest BCUT2D eigenvalue weighted by Crippen LogP contribution is -2.63. The number of carbonyl (C=O) groups excluding carboxylic acids is 1. The quantitative estimate of drug-likeness (QED) is 0.343. The van der Waals surface area contributed by atoms with Crippen LogP contribution in [-0.4, -0.2) is 64.6 Å². The van der Waals surface area contributed by atoms with Gasteiger partial charge in [-0.3, -0.25) is 0 Å². The van der Waals surface area contributed by atoms with E-state index in [1.807, 2.05) is 37.8 Å². The Kier molecular flexibility index (Phi) is 5.71. The van der Waals surface area contributed by atoms with E-state index in [9.17, 15) is 4.79 Å². The number of aromatic nitrogens is 7.